The predicted molar refractivity (Wildman–Crippen MR) is 136 cm³/mol. The smallest absolute Gasteiger partial charge is 0.196 e. The number of rotatable bonds is 2. The summed E-state index contributed by atoms with van der Waals surface area (Å²) in [4.78, 5) is 28.1. The molecule has 8 heteroatoms. The molecule has 6 unspecified atom stereocenters. The highest BCUT2D eigenvalue weighted by Crippen LogP contribution is 2.58. The van der Waals surface area contributed by atoms with Crippen LogP contribution in [0.4, 0.5) is 0 Å². The molecule has 0 spiro atoms. The average molecular weight is 602 g/mol. The van der Waals surface area contributed by atoms with Gasteiger partial charge in [0.25, 0.3) is 0 Å². The quantitative estimate of drug-likeness (QED) is 0.390. The maximum absolute atomic E-state index is 14.3. The number of phenols is 2. The largest absolute Gasteiger partial charge is 0.508 e. The van der Waals surface area contributed by atoms with Crippen molar-refractivity contribution < 1.29 is 29.6 Å². The van der Waals surface area contributed by atoms with E-state index in [1.807, 2.05) is 13.8 Å². The van der Waals surface area contributed by atoms with Crippen LogP contribution < -0.4 is 0 Å². The number of carbonyl (C=O) groups is 2. The molecule has 2 fully saturated rings. The van der Waals surface area contributed by atoms with Crippen molar-refractivity contribution in [3.63, 3.8) is 0 Å². The number of benzene rings is 1. The Kier molecular flexibility index (Phi) is 6.16. The van der Waals surface area contributed by atoms with Gasteiger partial charge in [-0.25, -0.2) is 0 Å². The van der Waals surface area contributed by atoms with Crippen LogP contribution in [0.3, 0.4) is 0 Å². The number of aliphatic hydroxyl groups is 1. The molecule has 34 heavy (non-hydrogen) atoms. The minimum atomic E-state index is -1.53. The van der Waals surface area contributed by atoms with Crippen molar-refractivity contribution in [3.05, 3.63) is 22.8 Å². The number of phenolic OH excluding ortho intramolecular Hbond substituents is 2. The van der Waals surface area contributed by atoms with Gasteiger partial charge in [-0.1, -0.05) is 45.7 Å². The zero-order valence-corrected chi connectivity index (χ0v) is 23.7. The number of aromatic hydroxyl groups is 2. The fourth-order valence-electron chi connectivity index (χ4n) is 6.44. The Morgan fingerprint density at radius 1 is 1.09 bits per heavy atom. The molecule has 0 aromatic heterocycles. The summed E-state index contributed by atoms with van der Waals surface area (Å²) in [7, 11) is 0. The van der Waals surface area contributed by atoms with Crippen molar-refractivity contribution in [1.29, 1.82) is 0 Å². The SMILES string of the molecule is Cc1c(O)cc2c(c1O)C(=O)C1CC(Br)C(C)(C)OC1(CC1C(C)(O)CCC(Br)C1(C)C)C2=O. The van der Waals surface area contributed by atoms with Crippen molar-refractivity contribution in [2.75, 3.05) is 0 Å². The van der Waals surface area contributed by atoms with Gasteiger partial charge in [-0.05, 0) is 70.8 Å². The minimum absolute atomic E-state index is 0.0191. The summed E-state index contributed by atoms with van der Waals surface area (Å²) in [6.07, 6.45) is 1.85. The Hall–Kier alpha value is -0.960. The molecule has 1 saturated carbocycles. The van der Waals surface area contributed by atoms with Crippen LogP contribution in [-0.2, 0) is 4.74 Å². The van der Waals surface area contributed by atoms with Crippen LogP contribution in [-0.4, -0.2) is 53.3 Å². The summed E-state index contributed by atoms with van der Waals surface area (Å²) in [5.74, 6) is -2.57. The van der Waals surface area contributed by atoms with Crippen LogP contribution in [0.2, 0.25) is 0 Å². The number of hydrogen-bond donors (Lipinski definition) is 3. The number of ether oxygens (including phenoxy) is 1. The van der Waals surface area contributed by atoms with Gasteiger partial charge < -0.3 is 20.1 Å². The number of Topliss-reactive ketones (excluding diaryl/α,β-unsaturated/α-hetero) is 2. The lowest BCUT2D eigenvalue weighted by molar-refractivity contribution is -0.193. The molecule has 3 N–H and O–H groups in total. The van der Waals surface area contributed by atoms with Crippen LogP contribution >= 0.6 is 31.9 Å². The lowest BCUT2D eigenvalue weighted by atomic mass is 9.54. The minimum Gasteiger partial charge on any atom is -0.508 e. The van der Waals surface area contributed by atoms with Gasteiger partial charge in [-0.3, -0.25) is 9.59 Å². The highest BCUT2D eigenvalue weighted by atomic mass is 79.9. The maximum Gasteiger partial charge on any atom is 0.196 e. The van der Waals surface area contributed by atoms with Gasteiger partial charge in [0.05, 0.1) is 22.7 Å². The molecule has 1 aromatic rings. The monoisotopic (exact) mass is 600 g/mol. The molecule has 3 aliphatic rings. The van der Waals surface area contributed by atoms with Crippen LogP contribution in [0.15, 0.2) is 6.07 Å². The number of alkyl halides is 2. The van der Waals surface area contributed by atoms with Crippen molar-refractivity contribution in [2.24, 2.45) is 17.3 Å². The Labute approximate surface area is 217 Å². The van der Waals surface area contributed by atoms with Gasteiger partial charge in [0.15, 0.2) is 11.6 Å². The second-order valence-electron chi connectivity index (χ2n) is 11.8. The topological polar surface area (TPSA) is 104 Å². The summed E-state index contributed by atoms with van der Waals surface area (Å²) in [5.41, 5.74) is -3.64. The van der Waals surface area contributed by atoms with Gasteiger partial charge in [0.2, 0.25) is 0 Å². The van der Waals surface area contributed by atoms with E-state index in [9.17, 15) is 24.9 Å². The van der Waals surface area contributed by atoms with E-state index < -0.39 is 28.5 Å². The standard InChI is InChI=1S/C26H34Br2O6/c1-12-15(29)9-13-19(20(12)30)21(31)14-10-18(28)24(4,5)34-26(14,22(13)32)11-16-23(2,3)17(27)7-8-25(16,6)33/h9,14,16-18,29-30,33H,7-8,10-11H2,1-6H3. The van der Waals surface area contributed by atoms with E-state index in [1.54, 1.807) is 6.92 Å². The Morgan fingerprint density at radius 2 is 1.71 bits per heavy atom. The van der Waals surface area contributed by atoms with Crippen LogP contribution in [0.1, 0.15) is 86.6 Å². The fourth-order valence-corrected chi connectivity index (χ4v) is 7.46. The molecule has 1 aliphatic heterocycles. The van der Waals surface area contributed by atoms with Crippen molar-refractivity contribution in [3.8, 4) is 11.5 Å². The third-order valence-corrected chi connectivity index (χ3v) is 11.9. The van der Waals surface area contributed by atoms with E-state index in [1.165, 1.54) is 13.0 Å². The van der Waals surface area contributed by atoms with Crippen molar-refractivity contribution >= 4 is 43.4 Å². The predicted octanol–water partition coefficient (Wildman–Crippen LogP) is 5.44. The first-order valence-electron chi connectivity index (χ1n) is 11.8. The third-order valence-electron chi connectivity index (χ3n) is 8.79. The molecule has 2 aliphatic carbocycles. The van der Waals surface area contributed by atoms with Gasteiger partial charge >= 0.3 is 0 Å². The van der Waals surface area contributed by atoms with E-state index in [-0.39, 0.29) is 61.4 Å². The van der Waals surface area contributed by atoms with E-state index in [0.717, 1.165) is 6.42 Å². The molecular formula is C26H34Br2O6. The van der Waals surface area contributed by atoms with Crippen LogP contribution in [0.5, 0.6) is 11.5 Å². The molecule has 0 bridgehead atoms. The van der Waals surface area contributed by atoms with Crippen molar-refractivity contribution in [2.45, 2.75) is 93.7 Å². The van der Waals surface area contributed by atoms with Crippen molar-refractivity contribution in [1.82, 2.24) is 0 Å². The summed E-state index contributed by atoms with van der Waals surface area (Å²) in [5, 5.41) is 32.6. The Balaban J connectivity index is 1.95. The molecule has 1 aromatic carbocycles. The normalized spacial score (nSPS) is 38.9. The summed E-state index contributed by atoms with van der Waals surface area (Å²) in [6, 6.07) is 1.27. The summed E-state index contributed by atoms with van der Waals surface area (Å²) >= 11 is 7.45. The molecule has 1 saturated heterocycles. The van der Waals surface area contributed by atoms with Gasteiger partial charge in [0, 0.05) is 20.8 Å². The number of hydrogen-bond acceptors (Lipinski definition) is 6. The van der Waals surface area contributed by atoms with E-state index in [4.69, 9.17) is 4.74 Å². The fraction of sp³-hybridized carbons (Fsp3) is 0.692. The van der Waals surface area contributed by atoms with E-state index in [2.05, 4.69) is 45.7 Å². The summed E-state index contributed by atoms with van der Waals surface area (Å²) in [6.45, 7) is 11.2. The zero-order chi connectivity index (χ0) is 25.6. The maximum atomic E-state index is 14.3. The molecule has 0 radical (unpaired) electrons. The second kappa shape index (κ2) is 8.02. The van der Waals surface area contributed by atoms with E-state index in [0.29, 0.717) is 12.8 Å². The molecule has 188 valence electrons. The summed E-state index contributed by atoms with van der Waals surface area (Å²) < 4.78 is 6.64. The van der Waals surface area contributed by atoms with Gasteiger partial charge in [0.1, 0.15) is 17.1 Å². The first-order chi connectivity index (χ1) is 15.5. The molecular weight excluding hydrogens is 568 g/mol. The number of fused-ring (bicyclic) bond motifs is 2. The zero-order valence-electron chi connectivity index (χ0n) is 20.5. The number of carbonyl (C=O) groups excluding carboxylic acids is 2. The average Bonchev–Trinajstić information content (AvgIpc) is 2.73. The Morgan fingerprint density at radius 3 is 2.32 bits per heavy atom. The molecule has 0 amide bonds. The lowest BCUT2D eigenvalue weighted by Gasteiger charge is -2.58. The molecule has 1 heterocycles. The number of halogens is 2. The first-order valence-corrected chi connectivity index (χ1v) is 13.7. The van der Waals surface area contributed by atoms with Gasteiger partial charge in [-0.2, -0.15) is 0 Å². The van der Waals surface area contributed by atoms with E-state index >= 15 is 0 Å². The molecule has 6 nitrogen and oxygen atoms in total. The number of ketones is 2. The second-order valence-corrected chi connectivity index (χ2v) is 14.0. The first kappa shape index (κ1) is 26.1. The molecule has 6 atom stereocenters. The van der Waals surface area contributed by atoms with Crippen LogP contribution in [0.25, 0.3) is 0 Å². The third kappa shape index (κ3) is 3.61. The Bertz CT molecular complexity index is 1060. The highest BCUT2D eigenvalue weighted by molar-refractivity contribution is 9.09. The van der Waals surface area contributed by atoms with Crippen LogP contribution in [0, 0.1) is 24.2 Å². The highest BCUT2D eigenvalue weighted by Gasteiger charge is 2.65. The lowest BCUT2D eigenvalue weighted by Crippen LogP contribution is -2.67. The molecule has 4 rings (SSSR count). The van der Waals surface area contributed by atoms with Gasteiger partial charge in [-0.15, -0.1) is 0 Å².